The normalized spacial score (nSPS) is 16.4. The molecule has 204 valence electrons. The lowest BCUT2D eigenvalue weighted by Gasteiger charge is -2.24. The van der Waals surface area contributed by atoms with E-state index in [-0.39, 0.29) is 22.2 Å². The van der Waals surface area contributed by atoms with E-state index in [1.165, 1.54) is 26.0 Å². The van der Waals surface area contributed by atoms with E-state index in [1.807, 2.05) is 0 Å². The summed E-state index contributed by atoms with van der Waals surface area (Å²) in [4.78, 5) is 45.1. The Balaban J connectivity index is 1.90. The van der Waals surface area contributed by atoms with E-state index >= 15 is 0 Å². The molecule has 1 atom stereocenters. The summed E-state index contributed by atoms with van der Waals surface area (Å²) in [6.45, 7) is 5.66. The summed E-state index contributed by atoms with van der Waals surface area (Å²) in [5.74, 6) is -0.760. The van der Waals surface area contributed by atoms with Crippen LogP contribution in [0.15, 0.2) is 48.0 Å². The molecule has 0 aliphatic carbocycles. The number of carbonyl (C=O) groups excluding carboxylic acids is 3. The molecule has 2 aromatic carbocycles. The number of unbranched alkanes of at least 4 members (excludes halogenated alkanes) is 1. The number of hydrogen-bond donors (Lipinski definition) is 1. The van der Waals surface area contributed by atoms with Gasteiger partial charge < -0.3 is 19.3 Å². The molecule has 0 unspecified atom stereocenters. The van der Waals surface area contributed by atoms with Crippen LogP contribution in [0.1, 0.15) is 59.2 Å². The van der Waals surface area contributed by atoms with Gasteiger partial charge in [-0.05, 0) is 55.3 Å². The largest absolute Gasteiger partial charge is 0.507 e. The molecule has 0 spiro atoms. The Kier molecular flexibility index (Phi) is 8.35. The lowest BCUT2D eigenvalue weighted by molar-refractivity contribution is -0.132. The monoisotopic (exact) mass is 550 g/mol. The van der Waals surface area contributed by atoms with Crippen LogP contribution in [0.2, 0.25) is 0 Å². The van der Waals surface area contributed by atoms with Gasteiger partial charge >= 0.3 is 5.91 Å². The van der Waals surface area contributed by atoms with Crippen molar-refractivity contribution in [1.29, 1.82) is 0 Å². The van der Waals surface area contributed by atoms with Gasteiger partial charge in [-0.2, -0.15) is 0 Å². The van der Waals surface area contributed by atoms with Gasteiger partial charge in [0.1, 0.15) is 11.5 Å². The van der Waals surface area contributed by atoms with Crippen LogP contribution >= 0.6 is 11.3 Å². The van der Waals surface area contributed by atoms with Crippen LogP contribution in [-0.2, 0) is 9.59 Å². The smallest absolute Gasteiger partial charge is 0.301 e. The average molecular weight is 551 g/mol. The molecular formula is C29H30N2O7S. The maximum Gasteiger partial charge on any atom is 0.301 e. The number of aromatic nitrogens is 1. The van der Waals surface area contributed by atoms with Gasteiger partial charge in [-0.15, -0.1) is 0 Å². The third-order valence-electron chi connectivity index (χ3n) is 6.38. The molecule has 1 aromatic heterocycles. The van der Waals surface area contributed by atoms with E-state index in [2.05, 4.69) is 11.9 Å². The Morgan fingerprint density at radius 3 is 2.38 bits per heavy atom. The van der Waals surface area contributed by atoms with Crippen LogP contribution < -0.4 is 19.1 Å². The van der Waals surface area contributed by atoms with Crippen LogP contribution in [0.5, 0.6) is 17.2 Å². The number of aliphatic hydroxyl groups is 1. The first-order valence-corrected chi connectivity index (χ1v) is 13.3. The van der Waals surface area contributed by atoms with E-state index in [1.54, 1.807) is 49.4 Å². The van der Waals surface area contributed by atoms with Crippen molar-refractivity contribution in [2.24, 2.45) is 0 Å². The third kappa shape index (κ3) is 5.37. The number of hydrogen-bond acceptors (Lipinski definition) is 9. The van der Waals surface area contributed by atoms with Gasteiger partial charge in [0.15, 0.2) is 22.4 Å². The minimum Gasteiger partial charge on any atom is -0.507 e. The number of aliphatic hydroxyl groups excluding tert-OH is 1. The number of ketones is 2. The maximum absolute atomic E-state index is 13.5. The van der Waals surface area contributed by atoms with E-state index in [4.69, 9.17) is 14.2 Å². The van der Waals surface area contributed by atoms with Gasteiger partial charge in [0.05, 0.1) is 43.0 Å². The number of thiazole rings is 1. The van der Waals surface area contributed by atoms with Crippen molar-refractivity contribution in [2.45, 2.75) is 39.7 Å². The molecule has 39 heavy (non-hydrogen) atoms. The lowest BCUT2D eigenvalue weighted by atomic mass is 9.95. The highest BCUT2D eigenvalue weighted by Crippen LogP contribution is 2.45. The molecule has 10 heteroatoms. The third-order valence-corrected chi connectivity index (χ3v) is 7.64. The standard InChI is InChI=1S/C29H30N2O7S/c1-6-7-14-38-21-13-10-19(15-22(21)37-5)24-23(25(33)18-8-11-20(36-4)12-9-18)26(34)28(35)31(24)29-30-16(2)27(39-29)17(3)32/h8-13,15,24,33H,6-7,14H2,1-5H3/t24-/m0/s1. The first-order valence-electron chi connectivity index (χ1n) is 12.5. The zero-order valence-corrected chi connectivity index (χ0v) is 23.3. The topological polar surface area (TPSA) is 115 Å². The Bertz CT molecular complexity index is 1440. The second kappa shape index (κ2) is 11.7. The second-order valence-electron chi connectivity index (χ2n) is 8.98. The zero-order valence-electron chi connectivity index (χ0n) is 22.4. The predicted molar refractivity (Wildman–Crippen MR) is 148 cm³/mol. The van der Waals surface area contributed by atoms with Crippen LogP contribution in [0.3, 0.4) is 0 Å². The van der Waals surface area contributed by atoms with Crippen molar-refractivity contribution in [2.75, 3.05) is 25.7 Å². The number of benzene rings is 2. The number of rotatable bonds is 10. The summed E-state index contributed by atoms with van der Waals surface area (Å²) in [5, 5.41) is 11.5. The summed E-state index contributed by atoms with van der Waals surface area (Å²) >= 11 is 1.03. The molecular weight excluding hydrogens is 520 g/mol. The Morgan fingerprint density at radius 1 is 1.08 bits per heavy atom. The summed E-state index contributed by atoms with van der Waals surface area (Å²) in [6, 6.07) is 10.6. The lowest BCUT2D eigenvalue weighted by Crippen LogP contribution is -2.29. The summed E-state index contributed by atoms with van der Waals surface area (Å²) in [6.07, 6.45) is 1.84. The van der Waals surface area contributed by atoms with Gasteiger partial charge in [-0.3, -0.25) is 19.3 Å². The van der Waals surface area contributed by atoms with Crippen molar-refractivity contribution in [3.05, 3.63) is 69.7 Å². The summed E-state index contributed by atoms with van der Waals surface area (Å²) < 4.78 is 16.6. The van der Waals surface area contributed by atoms with Crippen molar-refractivity contribution in [3.63, 3.8) is 0 Å². The first-order chi connectivity index (χ1) is 18.7. The van der Waals surface area contributed by atoms with Gasteiger partial charge in [0.25, 0.3) is 5.78 Å². The Morgan fingerprint density at radius 2 is 1.79 bits per heavy atom. The average Bonchev–Trinajstić information content (AvgIpc) is 3.45. The Labute approximate surface area is 230 Å². The number of carbonyl (C=O) groups is 3. The van der Waals surface area contributed by atoms with E-state index in [0.29, 0.717) is 45.6 Å². The van der Waals surface area contributed by atoms with Crippen LogP contribution in [0.25, 0.3) is 5.76 Å². The van der Waals surface area contributed by atoms with E-state index in [0.717, 1.165) is 24.2 Å². The van der Waals surface area contributed by atoms with E-state index < -0.39 is 17.7 Å². The van der Waals surface area contributed by atoms with Gasteiger partial charge in [0.2, 0.25) is 0 Å². The van der Waals surface area contributed by atoms with Gasteiger partial charge in [-0.25, -0.2) is 4.98 Å². The molecule has 0 bridgehead atoms. The number of anilines is 1. The molecule has 0 saturated carbocycles. The molecule has 1 aliphatic rings. The quantitative estimate of drug-likeness (QED) is 0.116. The zero-order chi connectivity index (χ0) is 28.3. The highest BCUT2D eigenvalue weighted by molar-refractivity contribution is 7.18. The Hall–Kier alpha value is -4.18. The summed E-state index contributed by atoms with van der Waals surface area (Å²) in [5.41, 5.74) is 1.19. The minimum atomic E-state index is -1.03. The van der Waals surface area contributed by atoms with Crippen molar-refractivity contribution < 1.29 is 33.7 Å². The molecule has 4 rings (SSSR count). The highest BCUT2D eigenvalue weighted by Gasteiger charge is 2.48. The highest BCUT2D eigenvalue weighted by atomic mass is 32.1. The molecule has 2 heterocycles. The molecule has 0 radical (unpaired) electrons. The van der Waals surface area contributed by atoms with Crippen LogP contribution in [0, 0.1) is 6.92 Å². The molecule has 9 nitrogen and oxygen atoms in total. The minimum absolute atomic E-state index is 0.107. The molecule has 1 fully saturated rings. The molecule has 3 aromatic rings. The number of ether oxygens (including phenoxy) is 3. The van der Waals surface area contributed by atoms with Crippen LogP contribution in [-0.4, -0.2) is 48.4 Å². The fourth-order valence-electron chi connectivity index (χ4n) is 4.36. The fraction of sp³-hybridized carbons (Fsp3) is 0.310. The molecule has 1 N–H and O–H groups in total. The molecule has 1 amide bonds. The number of aryl methyl sites for hydroxylation is 1. The number of amides is 1. The number of nitrogens with zero attached hydrogens (tertiary/aromatic N) is 2. The first kappa shape index (κ1) is 27.8. The SMILES string of the molecule is CCCCOc1ccc([C@H]2C(=C(O)c3ccc(OC)cc3)C(=O)C(=O)N2c2nc(C)c(C(C)=O)s2)cc1OC. The van der Waals surface area contributed by atoms with E-state index in [9.17, 15) is 19.5 Å². The predicted octanol–water partition coefficient (Wildman–Crippen LogP) is 5.48. The van der Waals surface area contributed by atoms with Gasteiger partial charge in [0, 0.05) is 12.5 Å². The molecule has 1 saturated heterocycles. The maximum atomic E-state index is 13.5. The van der Waals surface area contributed by atoms with Crippen LogP contribution in [0.4, 0.5) is 5.13 Å². The number of methoxy groups -OCH3 is 2. The molecule has 1 aliphatic heterocycles. The summed E-state index contributed by atoms with van der Waals surface area (Å²) in [7, 11) is 3.03. The van der Waals surface area contributed by atoms with Crippen molar-refractivity contribution in [1.82, 2.24) is 4.98 Å². The second-order valence-corrected chi connectivity index (χ2v) is 9.95. The van der Waals surface area contributed by atoms with Crippen molar-refractivity contribution >= 4 is 39.7 Å². The number of Topliss-reactive ketones (excluding diaryl/α,β-unsaturated/α-hetero) is 2. The van der Waals surface area contributed by atoms with Gasteiger partial charge in [-0.1, -0.05) is 30.7 Å². The fourth-order valence-corrected chi connectivity index (χ4v) is 5.35. The van der Waals surface area contributed by atoms with Crippen molar-refractivity contribution in [3.8, 4) is 17.2 Å².